The van der Waals surface area contributed by atoms with Crippen LogP contribution in [0, 0.1) is 6.92 Å². The van der Waals surface area contributed by atoms with Gasteiger partial charge in [0, 0.05) is 24.1 Å². The quantitative estimate of drug-likeness (QED) is 0.352. The summed E-state index contributed by atoms with van der Waals surface area (Å²) in [6, 6.07) is 9.62. The van der Waals surface area contributed by atoms with Crippen LogP contribution >= 0.6 is 11.6 Å². The van der Waals surface area contributed by atoms with Gasteiger partial charge in [-0.15, -0.1) is 0 Å². The molecule has 0 bridgehead atoms. The van der Waals surface area contributed by atoms with Gasteiger partial charge >= 0.3 is 5.97 Å². The Balaban J connectivity index is 1.38. The number of esters is 1. The SMILES string of the molecule is Cc1cc(Cl)ccc1OC(=O)CCCCCNS(=O)(=O)c1ccc2c(c1)OCCO2. The summed E-state index contributed by atoms with van der Waals surface area (Å²) in [5, 5.41) is 0.589. The molecule has 0 fully saturated rings. The summed E-state index contributed by atoms with van der Waals surface area (Å²) in [5.41, 5.74) is 0.796. The van der Waals surface area contributed by atoms with Gasteiger partial charge in [-0.2, -0.15) is 0 Å². The molecule has 9 heteroatoms. The van der Waals surface area contributed by atoms with Crippen molar-refractivity contribution in [1.82, 2.24) is 4.72 Å². The summed E-state index contributed by atoms with van der Waals surface area (Å²) in [4.78, 5) is 12.1. The van der Waals surface area contributed by atoms with Crippen molar-refractivity contribution in [1.29, 1.82) is 0 Å². The molecule has 0 radical (unpaired) electrons. The molecule has 0 amide bonds. The van der Waals surface area contributed by atoms with Crippen molar-refractivity contribution < 1.29 is 27.4 Å². The fourth-order valence-corrected chi connectivity index (χ4v) is 4.27. The van der Waals surface area contributed by atoms with Gasteiger partial charge < -0.3 is 14.2 Å². The van der Waals surface area contributed by atoms with Gasteiger partial charge in [-0.25, -0.2) is 13.1 Å². The molecule has 7 nitrogen and oxygen atoms in total. The Morgan fingerprint density at radius 2 is 1.83 bits per heavy atom. The van der Waals surface area contributed by atoms with Gasteiger partial charge in [-0.3, -0.25) is 4.79 Å². The van der Waals surface area contributed by atoms with Crippen LogP contribution in [-0.4, -0.2) is 34.1 Å². The van der Waals surface area contributed by atoms with E-state index in [1.807, 2.05) is 6.92 Å². The lowest BCUT2D eigenvalue weighted by molar-refractivity contribution is -0.134. The van der Waals surface area contributed by atoms with E-state index in [0.29, 0.717) is 54.7 Å². The molecule has 1 heterocycles. The van der Waals surface area contributed by atoms with Crippen LogP contribution in [0.1, 0.15) is 31.2 Å². The largest absolute Gasteiger partial charge is 0.486 e. The molecular weight excluding hydrogens is 430 g/mol. The number of aryl methyl sites for hydroxylation is 1. The highest BCUT2D eigenvalue weighted by Gasteiger charge is 2.19. The van der Waals surface area contributed by atoms with E-state index < -0.39 is 10.0 Å². The molecule has 1 N–H and O–H groups in total. The summed E-state index contributed by atoms with van der Waals surface area (Å²) >= 11 is 5.89. The third-order valence-corrected chi connectivity index (χ3v) is 6.23. The number of rotatable bonds is 9. The maximum Gasteiger partial charge on any atom is 0.311 e. The zero-order valence-corrected chi connectivity index (χ0v) is 18.2. The molecule has 0 spiro atoms. The highest BCUT2D eigenvalue weighted by Crippen LogP contribution is 2.32. The van der Waals surface area contributed by atoms with Crippen molar-refractivity contribution in [3.63, 3.8) is 0 Å². The number of halogens is 1. The number of carbonyl (C=O) groups is 1. The number of unbranched alkanes of at least 4 members (excludes halogenated alkanes) is 2. The lowest BCUT2D eigenvalue weighted by Gasteiger charge is -2.18. The summed E-state index contributed by atoms with van der Waals surface area (Å²) in [5.74, 6) is 1.15. The molecule has 162 valence electrons. The minimum Gasteiger partial charge on any atom is -0.486 e. The first-order valence-corrected chi connectivity index (χ1v) is 11.6. The first-order chi connectivity index (χ1) is 14.3. The Labute approximate surface area is 181 Å². The molecule has 0 saturated heterocycles. The van der Waals surface area contributed by atoms with E-state index in [1.165, 1.54) is 12.1 Å². The zero-order valence-electron chi connectivity index (χ0n) is 16.6. The Bertz CT molecular complexity index is 1010. The first kappa shape index (κ1) is 22.4. The van der Waals surface area contributed by atoms with Crippen LogP contribution in [0.4, 0.5) is 0 Å². The number of hydrogen-bond donors (Lipinski definition) is 1. The number of carbonyl (C=O) groups excluding carboxylic acids is 1. The van der Waals surface area contributed by atoms with E-state index >= 15 is 0 Å². The van der Waals surface area contributed by atoms with Crippen molar-refractivity contribution in [2.45, 2.75) is 37.5 Å². The number of nitrogens with one attached hydrogen (secondary N) is 1. The van der Waals surface area contributed by atoms with Crippen LogP contribution in [0.5, 0.6) is 17.2 Å². The van der Waals surface area contributed by atoms with Gasteiger partial charge in [0.25, 0.3) is 0 Å². The summed E-state index contributed by atoms with van der Waals surface area (Å²) in [6.45, 7) is 2.94. The van der Waals surface area contributed by atoms with Crippen LogP contribution < -0.4 is 18.9 Å². The molecule has 2 aromatic carbocycles. The molecule has 0 aliphatic carbocycles. The molecule has 0 unspecified atom stereocenters. The lowest BCUT2D eigenvalue weighted by atomic mass is 10.2. The molecule has 2 aromatic rings. The van der Waals surface area contributed by atoms with E-state index in [9.17, 15) is 13.2 Å². The van der Waals surface area contributed by atoms with Gasteiger partial charge in [-0.1, -0.05) is 18.0 Å². The molecule has 3 rings (SSSR count). The molecule has 30 heavy (non-hydrogen) atoms. The van der Waals surface area contributed by atoms with Gasteiger partial charge in [0.05, 0.1) is 4.90 Å². The Hall–Kier alpha value is -2.29. The maximum atomic E-state index is 12.4. The number of sulfonamides is 1. The predicted molar refractivity (Wildman–Crippen MR) is 113 cm³/mol. The predicted octanol–water partition coefficient (Wildman–Crippen LogP) is 3.86. The highest BCUT2D eigenvalue weighted by atomic mass is 35.5. The summed E-state index contributed by atoms with van der Waals surface area (Å²) < 4.78 is 43.6. The average molecular weight is 454 g/mol. The molecule has 0 saturated carbocycles. The van der Waals surface area contributed by atoms with Crippen molar-refractivity contribution in [3.05, 3.63) is 47.0 Å². The van der Waals surface area contributed by atoms with E-state index in [-0.39, 0.29) is 23.8 Å². The number of fused-ring (bicyclic) bond motifs is 1. The minimum atomic E-state index is -3.63. The maximum absolute atomic E-state index is 12.4. The third kappa shape index (κ3) is 6.10. The smallest absolute Gasteiger partial charge is 0.311 e. The van der Waals surface area contributed by atoms with Crippen LogP contribution in [0.3, 0.4) is 0 Å². The zero-order chi connectivity index (χ0) is 21.6. The fraction of sp³-hybridized carbons (Fsp3) is 0.381. The molecule has 1 aliphatic heterocycles. The topological polar surface area (TPSA) is 90.9 Å². The number of hydrogen-bond acceptors (Lipinski definition) is 6. The highest BCUT2D eigenvalue weighted by molar-refractivity contribution is 7.89. The second-order valence-corrected chi connectivity index (χ2v) is 9.10. The monoisotopic (exact) mass is 453 g/mol. The van der Waals surface area contributed by atoms with Crippen LogP contribution in [-0.2, 0) is 14.8 Å². The molecule has 0 atom stereocenters. The second-order valence-electron chi connectivity index (χ2n) is 6.90. The Kier molecular flexibility index (Phi) is 7.58. The fourth-order valence-electron chi connectivity index (χ4n) is 2.95. The Morgan fingerprint density at radius 3 is 2.60 bits per heavy atom. The van der Waals surface area contributed by atoms with Crippen molar-refractivity contribution in [3.8, 4) is 17.2 Å². The third-order valence-electron chi connectivity index (χ3n) is 4.53. The van der Waals surface area contributed by atoms with E-state index in [0.717, 1.165) is 5.56 Å². The number of benzene rings is 2. The van der Waals surface area contributed by atoms with E-state index in [2.05, 4.69) is 4.72 Å². The average Bonchev–Trinajstić information content (AvgIpc) is 2.72. The van der Waals surface area contributed by atoms with Gasteiger partial charge in [0.15, 0.2) is 11.5 Å². The van der Waals surface area contributed by atoms with Crippen molar-refractivity contribution in [2.24, 2.45) is 0 Å². The standard InChI is InChI=1S/C21H24ClNO6S/c1-15-13-16(22)6-8-18(15)29-21(24)5-3-2-4-10-23-30(25,26)17-7-9-19-20(14-17)28-12-11-27-19/h6-9,13-14,23H,2-5,10-12H2,1H3. The van der Waals surface area contributed by atoms with Crippen LogP contribution in [0.25, 0.3) is 0 Å². The van der Waals surface area contributed by atoms with Gasteiger partial charge in [0.2, 0.25) is 10.0 Å². The second kappa shape index (κ2) is 10.1. The van der Waals surface area contributed by atoms with Crippen LogP contribution in [0.2, 0.25) is 5.02 Å². The molecule has 1 aliphatic rings. The first-order valence-electron chi connectivity index (χ1n) is 9.71. The van der Waals surface area contributed by atoms with E-state index in [1.54, 1.807) is 24.3 Å². The van der Waals surface area contributed by atoms with Crippen LogP contribution in [0.15, 0.2) is 41.3 Å². The van der Waals surface area contributed by atoms with Gasteiger partial charge in [0.1, 0.15) is 19.0 Å². The molecule has 0 aromatic heterocycles. The minimum absolute atomic E-state index is 0.133. The lowest BCUT2D eigenvalue weighted by Crippen LogP contribution is -2.25. The number of ether oxygens (including phenoxy) is 3. The summed E-state index contributed by atoms with van der Waals surface area (Å²) in [6.07, 6.45) is 2.17. The normalized spacial score (nSPS) is 13.1. The Morgan fingerprint density at radius 1 is 1.07 bits per heavy atom. The van der Waals surface area contributed by atoms with E-state index in [4.69, 9.17) is 25.8 Å². The summed E-state index contributed by atoms with van der Waals surface area (Å²) in [7, 11) is -3.63. The van der Waals surface area contributed by atoms with Crippen molar-refractivity contribution in [2.75, 3.05) is 19.8 Å². The van der Waals surface area contributed by atoms with Crippen molar-refractivity contribution >= 4 is 27.6 Å². The molecular formula is C21H24ClNO6S. The van der Waals surface area contributed by atoms with Gasteiger partial charge in [-0.05, 0) is 55.7 Å².